The van der Waals surface area contributed by atoms with E-state index in [0.29, 0.717) is 12.2 Å². The Morgan fingerprint density at radius 2 is 1.87 bits per heavy atom. The molecule has 0 saturated carbocycles. The van der Waals surface area contributed by atoms with E-state index in [1.54, 1.807) is 12.1 Å². The molecule has 1 aliphatic rings. The molecule has 23 heavy (non-hydrogen) atoms. The van der Waals surface area contributed by atoms with E-state index in [1.165, 1.54) is 6.07 Å². The van der Waals surface area contributed by atoms with E-state index in [1.807, 2.05) is 18.2 Å². The summed E-state index contributed by atoms with van der Waals surface area (Å²) in [4.78, 5) is 8.37. The minimum absolute atomic E-state index is 0.0832. The Bertz CT molecular complexity index is 956. The summed E-state index contributed by atoms with van der Waals surface area (Å²) in [6, 6.07) is 10.6. The molecule has 0 atom stereocenters. The van der Waals surface area contributed by atoms with Gasteiger partial charge in [0, 0.05) is 12.0 Å². The maximum atomic E-state index is 13.5. The minimum atomic E-state index is -0.445. The van der Waals surface area contributed by atoms with Crippen LogP contribution in [0, 0.1) is 5.82 Å². The van der Waals surface area contributed by atoms with Crippen LogP contribution in [0.1, 0.15) is 11.3 Å². The highest BCUT2D eigenvalue weighted by Crippen LogP contribution is 2.45. The van der Waals surface area contributed by atoms with Crippen LogP contribution in [0.25, 0.3) is 22.3 Å². The molecule has 0 aliphatic heterocycles. The molecule has 3 aromatic rings. The van der Waals surface area contributed by atoms with Crippen LogP contribution in [0.3, 0.4) is 0 Å². The van der Waals surface area contributed by atoms with Gasteiger partial charge in [-0.1, -0.05) is 35.9 Å². The average Bonchev–Trinajstić information content (AvgIpc) is 2.88. The van der Waals surface area contributed by atoms with Gasteiger partial charge in [-0.3, -0.25) is 0 Å². The number of hydrogen-bond donors (Lipinski definition) is 2. The predicted molar refractivity (Wildman–Crippen MR) is 89.5 cm³/mol. The van der Waals surface area contributed by atoms with Crippen molar-refractivity contribution in [2.75, 3.05) is 11.5 Å². The van der Waals surface area contributed by atoms with Gasteiger partial charge in [0.1, 0.15) is 11.6 Å². The first-order valence-electron chi connectivity index (χ1n) is 7.04. The maximum Gasteiger partial charge on any atom is 0.222 e. The molecule has 1 aliphatic carbocycles. The largest absolute Gasteiger partial charge is 0.383 e. The van der Waals surface area contributed by atoms with Crippen molar-refractivity contribution in [2.45, 2.75) is 6.42 Å². The van der Waals surface area contributed by atoms with Crippen molar-refractivity contribution in [3.05, 3.63) is 58.5 Å². The molecular formula is C17H12ClFN4. The van der Waals surface area contributed by atoms with Gasteiger partial charge < -0.3 is 11.5 Å². The predicted octanol–water partition coefficient (Wildman–Crippen LogP) is 3.67. The van der Waals surface area contributed by atoms with E-state index in [2.05, 4.69) is 9.97 Å². The minimum Gasteiger partial charge on any atom is -0.383 e. The molecule has 4 nitrogen and oxygen atoms in total. The number of fused-ring (bicyclic) bond motifs is 3. The molecule has 114 valence electrons. The van der Waals surface area contributed by atoms with E-state index >= 15 is 0 Å². The quantitative estimate of drug-likeness (QED) is 0.559. The number of benzene rings is 2. The summed E-state index contributed by atoms with van der Waals surface area (Å²) < 4.78 is 13.5. The molecule has 0 radical (unpaired) electrons. The van der Waals surface area contributed by atoms with Crippen LogP contribution >= 0.6 is 11.6 Å². The van der Waals surface area contributed by atoms with Gasteiger partial charge in [-0.15, -0.1) is 0 Å². The Kier molecular flexibility index (Phi) is 2.99. The molecule has 4 N–H and O–H groups in total. The van der Waals surface area contributed by atoms with Gasteiger partial charge in [0.25, 0.3) is 0 Å². The first-order valence-corrected chi connectivity index (χ1v) is 7.42. The molecular weight excluding hydrogens is 315 g/mol. The molecule has 6 heteroatoms. The summed E-state index contributed by atoms with van der Waals surface area (Å²) >= 11 is 5.93. The molecule has 2 aromatic carbocycles. The van der Waals surface area contributed by atoms with Crippen molar-refractivity contribution in [3.8, 4) is 22.3 Å². The number of anilines is 2. The first kappa shape index (κ1) is 14.0. The lowest BCUT2D eigenvalue weighted by molar-refractivity contribution is 0.628. The molecule has 0 bridgehead atoms. The summed E-state index contributed by atoms with van der Waals surface area (Å²) in [5, 5.41) is 0.0832. The number of halogens is 2. The fourth-order valence-electron chi connectivity index (χ4n) is 3.07. The van der Waals surface area contributed by atoms with Gasteiger partial charge in [0.15, 0.2) is 0 Å². The maximum absolute atomic E-state index is 13.5. The number of hydrogen-bond acceptors (Lipinski definition) is 4. The van der Waals surface area contributed by atoms with Crippen molar-refractivity contribution in [1.29, 1.82) is 0 Å². The number of nitrogens with two attached hydrogens (primary N) is 2. The fourth-order valence-corrected chi connectivity index (χ4v) is 3.25. The number of nitrogens with zero attached hydrogens (tertiary/aromatic N) is 2. The smallest absolute Gasteiger partial charge is 0.222 e. The van der Waals surface area contributed by atoms with Crippen LogP contribution in [0.2, 0.25) is 5.02 Å². The highest BCUT2D eigenvalue weighted by Gasteiger charge is 2.26. The zero-order valence-electron chi connectivity index (χ0n) is 12.0. The van der Waals surface area contributed by atoms with E-state index in [0.717, 1.165) is 33.5 Å². The SMILES string of the molecule is Nc1nc(N)c2c(n1)Cc1cccc(-c3ccc(F)c(Cl)c3)c1-2. The second-order valence-corrected chi connectivity index (χ2v) is 5.84. The molecule has 0 spiro atoms. The van der Waals surface area contributed by atoms with Crippen molar-refractivity contribution < 1.29 is 4.39 Å². The van der Waals surface area contributed by atoms with Gasteiger partial charge in [0.05, 0.1) is 10.7 Å². The van der Waals surface area contributed by atoms with E-state index in [-0.39, 0.29) is 11.0 Å². The van der Waals surface area contributed by atoms with E-state index in [9.17, 15) is 4.39 Å². The average molecular weight is 327 g/mol. The van der Waals surface area contributed by atoms with Crippen LogP contribution in [-0.4, -0.2) is 9.97 Å². The third-order valence-electron chi connectivity index (χ3n) is 4.02. The lowest BCUT2D eigenvalue weighted by Gasteiger charge is -2.11. The van der Waals surface area contributed by atoms with Crippen LogP contribution < -0.4 is 11.5 Å². The van der Waals surface area contributed by atoms with E-state index in [4.69, 9.17) is 23.1 Å². The molecule has 0 saturated heterocycles. The van der Waals surface area contributed by atoms with Crippen molar-refractivity contribution in [2.24, 2.45) is 0 Å². The summed E-state index contributed by atoms with van der Waals surface area (Å²) in [6.07, 6.45) is 0.643. The Labute approximate surface area is 136 Å². The first-order chi connectivity index (χ1) is 11.0. The Morgan fingerprint density at radius 1 is 1.04 bits per heavy atom. The summed E-state index contributed by atoms with van der Waals surface area (Å²) in [5.41, 5.74) is 17.2. The molecule has 0 fully saturated rings. The topological polar surface area (TPSA) is 77.8 Å². The van der Waals surface area contributed by atoms with Crippen LogP contribution in [0.15, 0.2) is 36.4 Å². The summed E-state index contributed by atoms with van der Waals surface area (Å²) in [6.45, 7) is 0. The third-order valence-corrected chi connectivity index (χ3v) is 4.31. The van der Waals surface area contributed by atoms with Gasteiger partial charge in [-0.2, -0.15) is 4.98 Å². The van der Waals surface area contributed by atoms with Crippen molar-refractivity contribution >= 4 is 23.4 Å². The van der Waals surface area contributed by atoms with Gasteiger partial charge in [0.2, 0.25) is 5.95 Å². The Morgan fingerprint density at radius 3 is 2.65 bits per heavy atom. The second-order valence-electron chi connectivity index (χ2n) is 5.43. The van der Waals surface area contributed by atoms with Gasteiger partial charge >= 0.3 is 0 Å². The highest BCUT2D eigenvalue weighted by molar-refractivity contribution is 6.31. The normalized spacial score (nSPS) is 12.1. The Hall–Kier alpha value is -2.66. The van der Waals surface area contributed by atoms with Gasteiger partial charge in [-0.25, -0.2) is 9.37 Å². The van der Waals surface area contributed by atoms with Crippen LogP contribution in [0.5, 0.6) is 0 Å². The number of aromatic nitrogens is 2. The third kappa shape index (κ3) is 2.12. The van der Waals surface area contributed by atoms with Crippen LogP contribution in [-0.2, 0) is 6.42 Å². The van der Waals surface area contributed by atoms with Crippen molar-refractivity contribution in [3.63, 3.8) is 0 Å². The molecule has 0 amide bonds. The number of nitrogen functional groups attached to an aromatic ring is 2. The molecule has 1 heterocycles. The van der Waals surface area contributed by atoms with E-state index < -0.39 is 5.82 Å². The van der Waals surface area contributed by atoms with Gasteiger partial charge in [-0.05, 0) is 34.4 Å². The molecule has 0 unspecified atom stereocenters. The Balaban J connectivity index is 1.99. The lowest BCUT2D eigenvalue weighted by Crippen LogP contribution is -2.03. The molecule has 4 rings (SSSR count). The second kappa shape index (κ2) is 4.93. The van der Waals surface area contributed by atoms with Crippen molar-refractivity contribution in [1.82, 2.24) is 9.97 Å². The summed E-state index contributed by atoms with van der Waals surface area (Å²) in [5.74, 6) is 0.0753. The zero-order valence-corrected chi connectivity index (χ0v) is 12.7. The standard InChI is InChI=1S/C17H12ClFN4/c18-11-6-8(4-5-12(11)19)10-3-1-2-9-7-13-15(14(9)10)16(20)23-17(21)22-13/h1-6H,7H2,(H4,20,21,22,23). The van der Waals surface area contributed by atoms with Crippen LogP contribution in [0.4, 0.5) is 16.2 Å². The zero-order chi connectivity index (χ0) is 16.1. The molecule has 1 aromatic heterocycles. The monoisotopic (exact) mass is 326 g/mol. The fraction of sp³-hybridized carbons (Fsp3) is 0.0588. The number of rotatable bonds is 1. The highest BCUT2D eigenvalue weighted by atomic mass is 35.5. The lowest BCUT2D eigenvalue weighted by atomic mass is 9.94. The summed E-state index contributed by atoms with van der Waals surface area (Å²) in [7, 11) is 0.